The first-order valence-electron chi connectivity index (χ1n) is 6.12. The number of amides is 1. The van der Waals surface area contributed by atoms with Crippen molar-refractivity contribution < 1.29 is 22.7 Å². The molecule has 1 rings (SSSR count). The van der Waals surface area contributed by atoms with Crippen molar-refractivity contribution in [1.29, 1.82) is 0 Å². The van der Waals surface area contributed by atoms with Crippen molar-refractivity contribution in [1.82, 2.24) is 0 Å². The molecule has 0 atom stereocenters. The molecule has 0 spiro atoms. The molecular weight excluding hydrogens is 305 g/mol. The smallest absolute Gasteiger partial charge is 0.389 e. The molecule has 21 heavy (non-hydrogen) atoms. The summed E-state index contributed by atoms with van der Waals surface area (Å²) >= 11 is 4.80. The van der Waals surface area contributed by atoms with Crippen molar-refractivity contribution in [2.45, 2.75) is 19.0 Å². The van der Waals surface area contributed by atoms with Gasteiger partial charge in [-0.2, -0.15) is 13.2 Å². The van der Waals surface area contributed by atoms with Crippen molar-refractivity contribution in [3.8, 4) is 0 Å². The maximum absolute atomic E-state index is 11.8. The van der Waals surface area contributed by atoms with E-state index in [9.17, 15) is 18.0 Å². The molecule has 3 N–H and O–H groups in total. The van der Waals surface area contributed by atoms with Gasteiger partial charge in [-0.15, -0.1) is 0 Å². The summed E-state index contributed by atoms with van der Waals surface area (Å²) < 4.78 is 39.8. The highest BCUT2D eigenvalue weighted by molar-refractivity contribution is 7.80. The highest BCUT2D eigenvalue weighted by Crippen LogP contribution is 2.14. The molecule has 1 aromatic carbocycles. The summed E-state index contributed by atoms with van der Waals surface area (Å²) in [4.78, 5) is 11.8. The number of carbonyl (C=O) groups is 1. The maximum Gasteiger partial charge on any atom is 0.411 e. The second-order valence-electron chi connectivity index (χ2n) is 4.26. The maximum atomic E-state index is 11.8. The summed E-state index contributed by atoms with van der Waals surface area (Å²) in [5, 5.41) is 2.61. The van der Waals surface area contributed by atoms with Crippen molar-refractivity contribution in [2.24, 2.45) is 5.73 Å². The molecule has 0 saturated carbocycles. The van der Waals surface area contributed by atoms with Gasteiger partial charge in [-0.05, 0) is 30.7 Å². The summed E-state index contributed by atoms with van der Waals surface area (Å²) in [6, 6.07) is 6.63. The fourth-order valence-corrected chi connectivity index (χ4v) is 1.60. The van der Waals surface area contributed by atoms with Crippen LogP contribution in [0.4, 0.5) is 18.9 Å². The monoisotopic (exact) mass is 320 g/mol. The van der Waals surface area contributed by atoms with Gasteiger partial charge < -0.3 is 15.8 Å². The zero-order chi connectivity index (χ0) is 15.9. The number of anilines is 1. The molecule has 1 amide bonds. The average Bonchev–Trinajstić information content (AvgIpc) is 2.37. The molecule has 0 aliphatic carbocycles. The minimum Gasteiger partial charge on any atom is -0.389 e. The molecule has 116 valence electrons. The van der Waals surface area contributed by atoms with E-state index in [4.69, 9.17) is 18.0 Å². The Morgan fingerprint density at radius 2 is 1.90 bits per heavy atom. The predicted octanol–water partition coefficient (Wildman–Crippen LogP) is 2.62. The third-order valence-corrected chi connectivity index (χ3v) is 2.65. The van der Waals surface area contributed by atoms with Crippen molar-refractivity contribution in [3.63, 3.8) is 0 Å². The van der Waals surface area contributed by atoms with Gasteiger partial charge >= 0.3 is 6.18 Å². The van der Waals surface area contributed by atoms with Crippen molar-refractivity contribution in [3.05, 3.63) is 29.8 Å². The van der Waals surface area contributed by atoms with E-state index in [2.05, 4.69) is 10.1 Å². The summed E-state index contributed by atoms with van der Waals surface area (Å²) in [5.41, 5.74) is 6.69. The Morgan fingerprint density at radius 3 is 2.43 bits per heavy atom. The Kier molecular flexibility index (Phi) is 6.57. The van der Waals surface area contributed by atoms with Gasteiger partial charge in [-0.1, -0.05) is 12.2 Å². The van der Waals surface area contributed by atoms with Crippen LogP contribution in [0.25, 0.3) is 0 Å². The molecule has 0 aliphatic rings. The topological polar surface area (TPSA) is 64.3 Å². The lowest BCUT2D eigenvalue weighted by atomic mass is 10.2. The van der Waals surface area contributed by atoms with Crippen LogP contribution in [0.15, 0.2) is 24.3 Å². The first-order chi connectivity index (χ1) is 9.78. The lowest BCUT2D eigenvalue weighted by molar-refractivity contribution is -0.174. The van der Waals surface area contributed by atoms with E-state index >= 15 is 0 Å². The Bertz CT molecular complexity index is 489. The first kappa shape index (κ1) is 17.4. The fourth-order valence-electron chi connectivity index (χ4n) is 1.46. The molecule has 0 radical (unpaired) electrons. The Balaban J connectivity index is 2.26. The summed E-state index contributed by atoms with van der Waals surface area (Å²) in [6.45, 7) is -1.41. The summed E-state index contributed by atoms with van der Waals surface area (Å²) in [6.07, 6.45) is -4.05. The van der Waals surface area contributed by atoms with Crippen LogP contribution in [0, 0.1) is 0 Å². The number of carbonyl (C=O) groups excluding carboxylic acids is 1. The number of alkyl halides is 3. The predicted molar refractivity (Wildman–Crippen MR) is 77.1 cm³/mol. The normalized spacial score (nSPS) is 11.2. The number of hydrogen-bond donors (Lipinski definition) is 2. The zero-order valence-electron chi connectivity index (χ0n) is 11.1. The molecule has 0 fully saturated rings. The van der Waals surface area contributed by atoms with E-state index in [1.54, 1.807) is 24.3 Å². The third-order valence-electron chi connectivity index (χ3n) is 2.41. The third kappa shape index (κ3) is 7.62. The minimum absolute atomic E-state index is 0.0783. The first-order valence-corrected chi connectivity index (χ1v) is 6.53. The molecule has 0 heterocycles. The van der Waals surface area contributed by atoms with Crippen LogP contribution in [0.5, 0.6) is 0 Å². The highest BCUT2D eigenvalue weighted by atomic mass is 32.1. The molecule has 1 aromatic rings. The van der Waals surface area contributed by atoms with E-state index in [0.717, 1.165) is 0 Å². The van der Waals surface area contributed by atoms with Crippen LogP contribution < -0.4 is 11.1 Å². The van der Waals surface area contributed by atoms with Gasteiger partial charge in [0.2, 0.25) is 5.91 Å². The SMILES string of the molecule is NC(=S)c1ccc(NC(=O)CCCOCC(F)(F)F)cc1. The fraction of sp³-hybridized carbons (Fsp3) is 0.385. The number of hydrogen-bond acceptors (Lipinski definition) is 3. The number of thiocarbonyl (C=S) groups is 1. The number of ether oxygens (including phenoxy) is 1. The van der Waals surface area contributed by atoms with Gasteiger partial charge in [0.15, 0.2) is 0 Å². The van der Waals surface area contributed by atoms with E-state index in [1.165, 1.54) is 0 Å². The lowest BCUT2D eigenvalue weighted by Gasteiger charge is -2.08. The summed E-state index contributed by atoms with van der Waals surface area (Å²) in [7, 11) is 0. The zero-order valence-corrected chi connectivity index (χ0v) is 11.9. The highest BCUT2D eigenvalue weighted by Gasteiger charge is 2.27. The number of halogens is 3. The van der Waals surface area contributed by atoms with Crippen molar-refractivity contribution in [2.75, 3.05) is 18.5 Å². The van der Waals surface area contributed by atoms with E-state index in [0.29, 0.717) is 11.3 Å². The average molecular weight is 320 g/mol. The quantitative estimate of drug-likeness (QED) is 0.599. The number of nitrogens with two attached hydrogens (primary N) is 1. The molecule has 0 bridgehead atoms. The number of benzene rings is 1. The lowest BCUT2D eigenvalue weighted by Crippen LogP contribution is -2.18. The van der Waals surface area contributed by atoms with Crippen LogP contribution in [-0.4, -0.2) is 30.3 Å². The van der Waals surface area contributed by atoms with Crippen LogP contribution >= 0.6 is 12.2 Å². The molecule has 4 nitrogen and oxygen atoms in total. The standard InChI is InChI=1S/C13H15F3N2O2S/c14-13(15,16)8-20-7-1-2-11(19)18-10-5-3-9(4-6-10)12(17)21/h3-6H,1-2,7-8H2,(H2,17,21)(H,18,19). The number of rotatable bonds is 7. The largest absolute Gasteiger partial charge is 0.411 e. The molecule has 8 heteroatoms. The van der Waals surface area contributed by atoms with Gasteiger partial charge in [0, 0.05) is 24.3 Å². The Hall–Kier alpha value is -1.67. The van der Waals surface area contributed by atoms with Gasteiger partial charge in [0.25, 0.3) is 0 Å². The second kappa shape index (κ2) is 7.94. The second-order valence-corrected chi connectivity index (χ2v) is 4.70. The van der Waals surface area contributed by atoms with Crippen LogP contribution in [0.2, 0.25) is 0 Å². The van der Waals surface area contributed by atoms with Gasteiger partial charge in [0.1, 0.15) is 11.6 Å². The summed E-state index contributed by atoms with van der Waals surface area (Å²) in [5.74, 6) is -0.298. The van der Waals surface area contributed by atoms with E-state index < -0.39 is 12.8 Å². The van der Waals surface area contributed by atoms with Crippen molar-refractivity contribution >= 4 is 28.8 Å². The van der Waals surface area contributed by atoms with Crippen LogP contribution in [0.1, 0.15) is 18.4 Å². The van der Waals surface area contributed by atoms with E-state index in [-0.39, 0.29) is 30.3 Å². The number of nitrogens with one attached hydrogen (secondary N) is 1. The molecule has 0 unspecified atom stereocenters. The Labute approximate surface area is 125 Å². The minimum atomic E-state index is -4.34. The molecule has 0 aliphatic heterocycles. The van der Waals surface area contributed by atoms with Gasteiger partial charge in [0.05, 0.1) is 0 Å². The van der Waals surface area contributed by atoms with Crippen LogP contribution in [0.3, 0.4) is 0 Å². The molecule has 0 saturated heterocycles. The molecule has 0 aromatic heterocycles. The van der Waals surface area contributed by atoms with Crippen LogP contribution in [-0.2, 0) is 9.53 Å². The van der Waals surface area contributed by atoms with Gasteiger partial charge in [-0.3, -0.25) is 4.79 Å². The molecular formula is C13H15F3N2O2S. The Morgan fingerprint density at radius 1 is 1.29 bits per heavy atom. The van der Waals surface area contributed by atoms with E-state index in [1.807, 2.05) is 0 Å². The van der Waals surface area contributed by atoms with Gasteiger partial charge in [-0.25, -0.2) is 0 Å².